The maximum Gasteiger partial charge on any atom is 0.00419 e. The predicted octanol–water partition coefficient (Wildman–Crippen LogP) is 2.60. The molecule has 0 radical (unpaired) electrons. The van der Waals surface area contributed by atoms with Crippen molar-refractivity contribution in [2.45, 2.75) is 44.6 Å². The van der Waals surface area contributed by atoms with Gasteiger partial charge in [0.25, 0.3) is 0 Å². The summed E-state index contributed by atoms with van der Waals surface area (Å²) >= 11 is 0. The molecular weight excluding hydrogens is 232 g/mol. The molecule has 1 aliphatic carbocycles. The number of hydrogen-bond donors (Lipinski definition) is 1. The molecule has 2 aliphatic rings. The highest BCUT2D eigenvalue weighted by molar-refractivity contribution is 5.28. The molecule has 19 heavy (non-hydrogen) atoms. The van der Waals surface area contributed by atoms with Crippen molar-refractivity contribution in [3.8, 4) is 0 Å². The number of fused-ring (bicyclic) bond motifs is 1. The summed E-state index contributed by atoms with van der Waals surface area (Å²) in [7, 11) is 0. The average Bonchev–Trinajstić information content (AvgIpc) is 2.62. The molecule has 0 aromatic heterocycles. The predicted molar refractivity (Wildman–Crippen MR) is 80.2 cm³/mol. The van der Waals surface area contributed by atoms with Gasteiger partial charge in [-0.2, -0.15) is 0 Å². The third-order valence-electron chi connectivity index (χ3n) is 4.85. The first-order valence-corrected chi connectivity index (χ1v) is 7.86. The largest absolute Gasteiger partial charge is 0.328 e. The van der Waals surface area contributed by atoms with Crippen molar-refractivity contribution in [2.24, 2.45) is 11.7 Å². The normalized spacial score (nSPS) is 28.7. The van der Waals surface area contributed by atoms with Crippen LogP contribution in [-0.4, -0.2) is 30.6 Å². The first-order chi connectivity index (χ1) is 9.31. The molecule has 0 amide bonds. The number of nitrogens with zero attached hydrogens (tertiary/aromatic N) is 1. The van der Waals surface area contributed by atoms with E-state index in [4.69, 9.17) is 5.73 Å². The van der Waals surface area contributed by atoms with E-state index in [1.807, 2.05) is 0 Å². The van der Waals surface area contributed by atoms with Gasteiger partial charge in [-0.15, -0.1) is 0 Å². The average molecular weight is 258 g/mol. The lowest BCUT2D eigenvalue weighted by Gasteiger charge is -2.31. The summed E-state index contributed by atoms with van der Waals surface area (Å²) in [5.74, 6) is 0.838. The molecule has 2 unspecified atom stereocenters. The van der Waals surface area contributed by atoms with Gasteiger partial charge in [-0.05, 0) is 49.1 Å². The van der Waals surface area contributed by atoms with E-state index in [9.17, 15) is 0 Å². The summed E-state index contributed by atoms with van der Waals surface area (Å²) in [6.07, 6.45) is 7.63. The summed E-state index contributed by atoms with van der Waals surface area (Å²) in [6, 6.07) is 9.41. The molecule has 1 fully saturated rings. The fraction of sp³-hybridized carbons (Fsp3) is 0.647. The van der Waals surface area contributed by atoms with E-state index in [-0.39, 0.29) is 0 Å². The number of rotatable bonds is 2. The lowest BCUT2D eigenvalue weighted by Crippen LogP contribution is -2.37. The van der Waals surface area contributed by atoms with E-state index in [1.54, 1.807) is 11.1 Å². The minimum atomic E-state index is 0.461. The van der Waals surface area contributed by atoms with Crippen molar-refractivity contribution in [3.63, 3.8) is 0 Å². The summed E-state index contributed by atoms with van der Waals surface area (Å²) in [5, 5.41) is 0. The first kappa shape index (κ1) is 13.1. The molecule has 3 rings (SSSR count). The Morgan fingerprint density at radius 3 is 2.37 bits per heavy atom. The molecule has 0 saturated heterocycles. The topological polar surface area (TPSA) is 29.3 Å². The van der Waals surface area contributed by atoms with Crippen LogP contribution in [0.4, 0.5) is 0 Å². The van der Waals surface area contributed by atoms with E-state index >= 15 is 0 Å². The van der Waals surface area contributed by atoms with Crippen LogP contribution < -0.4 is 5.73 Å². The SMILES string of the molecule is NC1CCCC(CN2CCc3ccccc3CC2)C1. The van der Waals surface area contributed by atoms with Crippen molar-refractivity contribution in [2.75, 3.05) is 19.6 Å². The van der Waals surface area contributed by atoms with E-state index in [2.05, 4.69) is 29.2 Å². The minimum absolute atomic E-state index is 0.461. The van der Waals surface area contributed by atoms with Crippen LogP contribution in [0.25, 0.3) is 0 Å². The number of nitrogens with two attached hydrogens (primary N) is 1. The Kier molecular flexibility index (Phi) is 4.19. The van der Waals surface area contributed by atoms with Gasteiger partial charge < -0.3 is 10.6 Å². The number of benzene rings is 1. The van der Waals surface area contributed by atoms with Crippen molar-refractivity contribution in [3.05, 3.63) is 35.4 Å². The van der Waals surface area contributed by atoms with Crippen molar-refractivity contribution in [1.82, 2.24) is 4.90 Å². The monoisotopic (exact) mass is 258 g/mol. The second kappa shape index (κ2) is 6.06. The highest BCUT2D eigenvalue weighted by Gasteiger charge is 2.22. The Balaban J connectivity index is 1.56. The molecule has 2 atom stereocenters. The summed E-state index contributed by atoms with van der Waals surface area (Å²) < 4.78 is 0. The van der Waals surface area contributed by atoms with Gasteiger partial charge in [0.1, 0.15) is 0 Å². The Labute approximate surface area is 117 Å². The van der Waals surface area contributed by atoms with Crippen LogP contribution >= 0.6 is 0 Å². The van der Waals surface area contributed by atoms with Gasteiger partial charge in [0.2, 0.25) is 0 Å². The summed E-state index contributed by atoms with van der Waals surface area (Å²) in [5.41, 5.74) is 9.23. The first-order valence-electron chi connectivity index (χ1n) is 7.86. The van der Waals surface area contributed by atoms with Crippen LogP contribution in [0.1, 0.15) is 36.8 Å². The second-order valence-corrected chi connectivity index (χ2v) is 6.36. The lowest BCUT2D eigenvalue weighted by molar-refractivity contribution is 0.198. The third-order valence-corrected chi connectivity index (χ3v) is 4.85. The molecule has 1 saturated carbocycles. The van der Waals surface area contributed by atoms with Gasteiger partial charge in [0, 0.05) is 25.7 Å². The van der Waals surface area contributed by atoms with Crippen molar-refractivity contribution < 1.29 is 0 Å². The molecule has 1 aliphatic heterocycles. The van der Waals surface area contributed by atoms with Crippen LogP contribution in [0, 0.1) is 5.92 Å². The Morgan fingerprint density at radius 1 is 1.05 bits per heavy atom. The Morgan fingerprint density at radius 2 is 1.74 bits per heavy atom. The molecule has 1 heterocycles. The molecule has 2 nitrogen and oxygen atoms in total. The van der Waals surface area contributed by atoms with E-state index in [1.165, 1.54) is 58.2 Å². The van der Waals surface area contributed by atoms with Crippen LogP contribution in [0.5, 0.6) is 0 Å². The zero-order chi connectivity index (χ0) is 13.1. The smallest absolute Gasteiger partial charge is 0.00419 e. The van der Waals surface area contributed by atoms with E-state index < -0.39 is 0 Å². The standard InChI is InChI=1S/C17H26N2/c18-17-7-3-4-14(12-17)13-19-10-8-15-5-1-2-6-16(15)9-11-19/h1-2,5-6,14,17H,3-4,7-13,18H2. The van der Waals surface area contributed by atoms with Crippen LogP contribution in [0.2, 0.25) is 0 Å². The Hall–Kier alpha value is -0.860. The van der Waals surface area contributed by atoms with Crippen molar-refractivity contribution >= 4 is 0 Å². The molecule has 1 aromatic carbocycles. The van der Waals surface area contributed by atoms with Crippen LogP contribution in [0.15, 0.2) is 24.3 Å². The lowest BCUT2D eigenvalue weighted by atomic mass is 9.86. The second-order valence-electron chi connectivity index (χ2n) is 6.36. The molecular formula is C17H26N2. The van der Waals surface area contributed by atoms with Gasteiger partial charge in [-0.1, -0.05) is 30.7 Å². The van der Waals surface area contributed by atoms with Crippen molar-refractivity contribution in [1.29, 1.82) is 0 Å². The Bertz CT molecular complexity index is 388. The van der Waals surface area contributed by atoms with Gasteiger partial charge in [-0.3, -0.25) is 0 Å². The number of hydrogen-bond acceptors (Lipinski definition) is 2. The maximum absolute atomic E-state index is 6.11. The molecule has 104 valence electrons. The van der Waals surface area contributed by atoms with E-state index in [0.717, 1.165) is 5.92 Å². The fourth-order valence-electron chi connectivity index (χ4n) is 3.76. The zero-order valence-corrected chi connectivity index (χ0v) is 11.9. The summed E-state index contributed by atoms with van der Waals surface area (Å²) in [6.45, 7) is 3.72. The molecule has 0 bridgehead atoms. The van der Waals surface area contributed by atoms with Crippen LogP contribution in [0.3, 0.4) is 0 Å². The van der Waals surface area contributed by atoms with E-state index in [0.29, 0.717) is 6.04 Å². The van der Waals surface area contributed by atoms with Gasteiger partial charge in [0.05, 0.1) is 0 Å². The highest BCUT2D eigenvalue weighted by atomic mass is 15.1. The fourth-order valence-corrected chi connectivity index (χ4v) is 3.76. The van der Waals surface area contributed by atoms with Crippen LogP contribution in [-0.2, 0) is 12.8 Å². The summed E-state index contributed by atoms with van der Waals surface area (Å²) in [4.78, 5) is 2.67. The zero-order valence-electron chi connectivity index (χ0n) is 11.9. The third kappa shape index (κ3) is 3.37. The van der Waals surface area contributed by atoms with Gasteiger partial charge in [0.15, 0.2) is 0 Å². The minimum Gasteiger partial charge on any atom is -0.328 e. The van der Waals surface area contributed by atoms with Gasteiger partial charge >= 0.3 is 0 Å². The highest BCUT2D eigenvalue weighted by Crippen LogP contribution is 2.25. The van der Waals surface area contributed by atoms with Gasteiger partial charge in [-0.25, -0.2) is 0 Å². The molecule has 2 N–H and O–H groups in total. The quantitative estimate of drug-likeness (QED) is 0.883. The molecule has 0 spiro atoms. The molecule has 2 heteroatoms. The maximum atomic E-state index is 6.11. The molecule has 1 aromatic rings.